The summed E-state index contributed by atoms with van der Waals surface area (Å²) in [6.45, 7) is 16.6. The molecule has 0 aliphatic carbocycles. The van der Waals surface area contributed by atoms with Crippen molar-refractivity contribution in [3.05, 3.63) is 0 Å². The second-order valence-corrected chi connectivity index (χ2v) is 8.29. The quantitative estimate of drug-likeness (QED) is 0.791. The van der Waals surface area contributed by atoms with Gasteiger partial charge in [0.2, 0.25) is 0 Å². The summed E-state index contributed by atoms with van der Waals surface area (Å²) in [6, 6.07) is 0. The maximum absolute atomic E-state index is 5.76. The number of rotatable bonds is 6. The van der Waals surface area contributed by atoms with Gasteiger partial charge in [-0.05, 0) is 75.0 Å². The average Bonchev–Trinajstić information content (AvgIpc) is 2.29. The first-order valence-corrected chi connectivity index (χ1v) is 8.17. The molecule has 19 heavy (non-hydrogen) atoms. The van der Waals surface area contributed by atoms with E-state index in [1.54, 1.807) is 0 Å². The maximum Gasteiger partial charge on any atom is -0.00136 e. The Morgan fingerprint density at radius 2 is 1.68 bits per heavy atom. The Morgan fingerprint density at radius 1 is 1.11 bits per heavy atom. The van der Waals surface area contributed by atoms with Gasteiger partial charge in [0, 0.05) is 0 Å². The smallest absolute Gasteiger partial charge is 0.00136 e. The second-order valence-electron chi connectivity index (χ2n) is 8.29. The number of nitrogens with zero attached hydrogens (tertiary/aromatic N) is 1. The van der Waals surface area contributed by atoms with Crippen molar-refractivity contribution < 1.29 is 0 Å². The van der Waals surface area contributed by atoms with Crippen molar-refractivity contribution in [2.24, 2.45) is 22.5 Å². The van der Waals surface area contributed by atoms with Gasteiger partial charge in [0.25, 0.3) is 0 Å². The first kappa shape index (κ1) is 17.0. The summed E-state index contributed by atoms with van der Waals surface area (Å²) >= 11 is 0. The third-order valence-corrected chi connectivity index (χ3v) is 4.98. The van der Waals surface area contributed by atoms with Crippen molar-refractivity contribution in [3.8, 4) is 0 Å². The molecule has 1 atom stereocenters. The van der Waals surface area contributed by atoms with Crippen molar-refractivity contribution in [3.63, 3.8) is 0 Å². The molecule has 1 fully saturated rings. The Bertz CT molecular complexity index is 242. The molecule has 2 heteroatoms. The van der Waals surface area contributed by atoms with Crippen LogP contribution < -0.4 is 5.73 Å². The number of hydrogen-bond acceptors (Lipinski definition) is 2. The Labute approximate surface area is 121 Å². The van der Waals surface area contributed by atoms with Gasteiger partial charge in [-0.1, -0.05) is 34.6 Å². The molecule has 1 aliphatic heterocycles. The van der Waals surface area contributed by atoms with Crippen LogP contribution in [0.25, 0.3) is 0 Å². The lowest BCUT2D eigenvalue weighted by Gasteiger charge is -2.37. The number of piperidine rings is 1. The van der Waals surface area contributed by atoms with Crippen molar-refractivity contribution in [2.45, 2.75) is 66.7 Å². The monoisotopic (exact) mass is 268 g/mol. The largest absolute Gasteiger partial charge is 0.330 e. The topological polar surface area (TPSA) is 29.3 Å². The highest BCUT2D eigenvalue weighted by atomic mass is 15.1. The molecule has 0 aromatic heterocycles. The standard InChI is InChI=1S/C17H36N2/c1-16(2,3)15(8-11-18)7-6-12-19-13-9-17(4,5)10-14-19/h15H,6-14,18H2,1-5H3. The summed E-state index contributed by atoms with van der Waals surface area (Å²) in [4.78, 5) is 2.66. The maximum atomic E-state index is 5.76. The van der Waals surface area contributed by atoms with E-state index in [0.717, 1.165) is 12.5 Å². The zero-order valence-corrected chi connectivity index (χ0v) is 14.0. The minimum absolute atomic E-state index is 0.406. The summed E-state index contributed by atoms with van der Waals surface area (Å²) in [5.41, 5.74) is 6.74. The number of hydrogen-bond donors (Lipinski definition) is 1. The molecule has 1 rings (SSSR count). The lowest BCUT2D eigenvalue weighted by atomic mass is 9.76. The van der Waals surface area contributed by atoms with Crippen LogP contribution in [0.3, 0.4) is 0 Å². The van der Waals surface area contributed by atoms with Crippen LogP contribution in [0, 0.1) is 16.7 Å². The number of nitrogens with two attached hydrogens (primary N) is 1. The van der Waals surface area contributed by atoms with Crippen LogP contribution in [-0.4, -0.2) is 31.1 Å². The van der Waals surface area contributed by atoms with Crippen LogP contribution in [0.15, 0.2) is 0 Å². The SMILES string of the molecule is CC1(C)CCN(CCCC(CCN)C(C)(C)C)CC1. The fraction of sp³-hybridized carbons (Fsp3) is 1.00. The molecule has 0 spiro atoms. The van der Waals surface area contributed by atoms with E-state index in [2.05, 4.69) is 39.5 Å². The van der Waals surface area contributed by atoms with E-state index in [-0.39, 0.29) is 0 Å². The summed E-state index contributed by atoms with van der Waals surface area (Å²) in [5, 5.41) is 0. The van der Waals surface area contributed by atoms with E-state index < -0.39 is 0 Å². The van der Waals surface area contributed by atoms with Crippen LogP contribution in [-0.2, 0) is 0 Å². The van der Waals surface area contributed by atoms with Crippen LogP contribution >= 0.6 is 0 Å². The first-order chi connectivity index (χ1) is 8.74. The summed E-state index contributed by atoms with van der Waals surface area (Å²) < 4.78 is 0. The van der Waals surface area contributed by atoms with Gasteiger partial charge in [0.05, 0.1) is 0 Å². The van der Waals surface area contributed by atoms with E-state index in [4.69, 9.17) is 5.73 Å². The molecule has 0 aromatic rings. The summed E-state index contributed by atoms with van der Waals surface area (Å²) in [7, 11) is 0. The van der Waals surface area contributed by atoms with Gasteiger partial charge in [-0.25, -0.2) is 0 Å². The Balaban J connectivity index is 2.25. The van der Waals surface area contributed by atoms with Crippen LogP contribution in [0.5, 0.6) is 0 Å². The third kappa shape index (κ3) is 6.27. The molecule has 114 valence electrons. The highest BCUT2D eigenvalue weighted by molar-refractivity contribution is 4.79. The van der Waals surface area contributed by atoms with E-state index >= 15 is 0 Å². The zero-order valence-electron chi connectivity index (χ0n) is 14.0. The third-order valence-electron chi connectivity index (χ3n) is 4.98. The van der Waals surface area contributed by atoms with Gasteiger partial charge in [-0.2, -0.15) is 0 Å². The highest BCUT2D eigenvalue weighted by Crippen LogP contribution is 2.33. The van der Waals surface area contributed by atoms with E-state index in [0.29, 0.717) is 10.8 Å². The fourth-order valence-corrected chi connectivity index (χ4v) is 3.15. The van der Waals surface area contributed by atoms with Gasteiger partial charge < -0.3 is 10.6 Å². The Hall–Kier alpha value is -0.0800. The molecule has 0 radical (unpaired) electrons. The molecule has 1 saturated heterocycles. The lowest BCUT2D eigenvalue weighted by Crippen LogP contribution is -2.38. The molecular formula is C17H36N2. The van der Waals surface area contributed by atoms with Gasteiger partial charge in [0.15, 0.2) is 0 Å². The van der Waals surface area contributed by atoms with Crippen molar-refractivity contribution in [1.29, 1.82) is 0 Å². The molecule has 0 bridgehead atoms. The van der Waals surface area contributed by atoms with Crippen molar-refractivity contribution >= 4 is 0 Å². The van der Waals surface area contributed by atoms with E-state index in [9.17, 15) is 0 Å². The van der Waals surface area contributed by atoms with Gasteiger partial charge >= 0.3 is 0 Å². The van der Waals surface area contributed by atoms with Gasteiger partial charge in [-0.15, -0.1) is 0 Å². The minimum Gasteiger partial charge on any atom is -0.330 e. The van der Waals surface area contributed by atoms with Crippen molar-refractivity contribution in [1.82, 2.24) is 4.90 Å². The van der Waals surface area contributed by atoms with Gasteiger partial charge in [0.1, 0.15) is 0 Å². The van der Waals surface area contributed by atoms with E-state index in [1.165, 1.54) is 51.7 Å². The first-order valence-electron chi connectivity index (χ1n) is 8.17. The predicted molar refractivity (Wildman–Crippen MR) is 85.3 cm³/mol. The van der Waals surface area contributed by atoms with Crippen LogP contribution in [0.4, 0.5) is 0 Å². The Morgan fingerprint density at radius 3 is 2.16 bits per heavy atom. The molecular weight excluding hydrogens is 232 g/mol. The molecule has 2 N–H and O–H groups in total. The Kier molecular flexibility index (Phi) is 6.32. The summed E-state index contributed by atoms with van der Waals surface area (Å²) in [6.07, 6.45) is 6.57. The molecule has 0 aromatic carbocycles. The molecule has 1 unspecified atom stereocenters. The predicted octanol–water partition coefficient (Wildman–Crippen LogP) is 3.90. The normalized spacial score (nSPS) is 22.4. The summed E-state index contributed by atoms with van der Waals surface area (Å²) in [5.74, 6) is 0.777. The zero-order chi connectivity index (χ0) is 14.5. The molecule has 1 aliphatic rings. The fourth-order valence-electron chi connectivity index (χ4n) is 3.15. The lowest BCUT2D eigenvalue weighted by molar-refractivity contribution is 0.124. The van der Waals surface area contributed by atoms with Crippen LogP contribution in [0.1, 0.15) is 66.7 Å². The van der Waals surface area contributed by atoms with E-state index in [1.807, 2.05) is 0 Å². The minimum atomic E-state index is 0.406. The molecule has 2 nitrogen and oxygen atoms in total. The van der Waals surface area contributed by atoms with Gasteiger partial charge in [-0.3, -0.25) is 0 Å². The molecule has 0 saturated carbocycles. The molecule has 0 amide bonds. The van der Waals surface area contributed by atoms with Crippen molar-refractivity contribution in [2.75, 3.05) is 26.2 Å². The molecule has 1 heterocycles. The number of likely N-dealkylation sites (tertiary alicyclic amines) is 1. The highest BCUT2D eigenvalue weighted by Gasteiger charge is 2.26. The van der Waals surface area contributed by atoms with Crippen LogP contribution in [0.2, 0.25) is 0 Å². The average molecular weight is 268 g/mol. The second kappa shape index (κ2) is 7.08.